The van der Waals surface area contributed by atoms with Gasteiger partial charge >= 0.3 is 6.03 Å². The number of methoxy groups -OCH3 is 1. The van der Waals surface area contributed by atoms with Crippen LogP contribution in [0.15, 0.2) is 30.5 Å². The molecule has 4 rings (SSSR count). The number of rotatable bonds is 4. The number of nitrogens with zero attached hydrogens (tertiary/aromatic N) is 4. The van der Waals surface area contributed by atoms with Crippen molar-refractivity contribution in [1.29, 1.82) is 0 Å². The lowest BCUT2D eigenvalue weighted by Gasteiger charge is -2.34. The molecule has 0 atom stereocenters. The fraction of sp³-hybridized carbons (Fsp3) is 0.476. The molecule has 1 fully saturated rings. The molecule has 154 valence electrons. The lowest BCUT2D eigenvalue weighted by atomic mass is 10.1. The third-order valence-corrected chi connectivity index (χ3v) is 5.67. The van der Waals surface area contributed by atoms with E-state index in [2.05, 4.69) is 10.4 Å². The summed E-state index contributed by atoms with van der Waals surface area (Å²) >= 11 is 0. The number of ether oxygens (including phenoxy) is 1. The first-order valence-electron chi connectivity index (χ1n) is 10.2. The van der Waals surface area contributed by atoms with Gasteiger partial charge in [0.25, 0.3) is 5.91 Å². The molecule has 2 aromatic rings. The second-order valence-corrected chi connectivity index (χ2v) is 7.47. The highest BCUT2D eigenvalue weighted by Gasteiger charge is 2.28. The van der Waals surface area contributed by atoms with E-state index < -0.39 is 0 Å². The first-order chi connectivity index (χ1) is 14.2. The Hall–Kier alpha value is -3.03. The highest BCUT2D eigenvalue weighted by atomic mass is 16.5. The molecule has 0 aliphatic carbocycles. The molecular weight excluding hydrogens is 370 g/mol. The third-order valence-electron chi connectivity index (χ3n) is 5.67. The Kier molecular flexibility index (Phi) is 5.69. The quantitative estimate of drug-likeness (QED) is 0.855. The highest BCUT2D eigenvalue weighted by molar-refractivity contribution is 5.95. The van der Waals surface area contributed by atoms with Gasteiger partial charge in [-0.05, 0) is 37.0 Å². The summed E-state index contributed by atoms with van der Waals surface area (Å²) in [4.78, 5) is 29.0. The van der Waals surface area contributed by atoms with Crippen molar-refractivity contribution in [3.63, 3.8) is 0 Å². The minimum atomic E-state index is -0.101. The molecule has 1 saturated heterocycles. The molecule has 2 aliphatic rings. The SMILES string of the molecule is COc1ccc(CNC(=O)N2CCN(C(=O)c3cnn4c3CCCC4)CC2)cc1. The maximum atomic E-state index is 12.9. The molecular formula is C21H27N5O3. The molecule has 3 amide bonds. The first-order valence-corrected chi connectivity index (χ1v) is 10.2. The topological polar surface area (TPSA) is 79.7 Å². The number of aryl methyl sites for hydroxylation is 1. The van der Waals surface area contributed by atoms with Crippen molar-refractivity contribution < 1.29 is 14.3 Å². The molecule has 3 heterocycles. The number of hydrogen-bond acceptors (Lipinski definition) is 4. The number of carbonyl (C=O) groups is 2. The van der Waals surface area contributed by atoms with E-state index in [4.69, 9.17) is 4.74 Å². The van der Waals surface area contributed by atoms with Crippen LogP contribution in [0.25, 0.3) is 0 Å². The summed E-state index contributed by atoms with van der Waals surface area (Å²) in [6, 6.07) is 7.52. The van der Waals surface area contributed by atoms with Gasteiger partial charge in [0.15, 0.2) is 0 Å². The monoisotopic (exact) mass is 397 g/mol. The van der Waals surface area contributed by atoms with Crippen LogP contribution in [-0.4, -0.2) is 64.8 Å². The number of benzene rings is 1. The third kappa shape index (κ3) is 4.21. The Morgan fingerprint density at radius 3 is 2.48 bits per heavy atom. The Balaban J connectivity index is 1.28. The standard InChI is InChI=1S/C21H27N5O3/c1-29-17-7-5-16(6-8-17)14-22-21(28)25-12-10-24(11-13-25)20(27)18-15-23-26-9-3-2-4-19(18)26/h5-8,15H,2-4,9-14H2,1H3,(H,22,28). The van der Waals surface area contributed by atoms with E-state index >= 15 is 0 Å². The summed E-state index contributed by atoms with van der Waals surface area (Å²) < 4.78 is 7.10. The molecule has 0 radical (unpaired) electrons. The van der Waals surface area contributed by atoms with Crippen molar-refractivity contribution in [3.05, 3.63) is 47.3 Å². The van der Waals surface area contributed by atoms with Crippen LogP contribution in [-0.2, 0) is 19.5 Å². The Morgan fingerprint density at radius 1 is 1.03 bits per heavy atom. The van der Waals surface area contributed by atoms with E-state index in [0.717, 1.165) is 48.4 Å². The Labute approximate surface area is 170 Å². The van der Waals surface area contributed by atoms with Crippen LogP contribution < -0.4 is 10.1 Å². The van der Waals surface area contributed by atoms with E-state index in [1.54, 1.807) is 18.2 Å². The lowest BCUT2D eigenvalue weighted by molar-refractivity contribution is 0.0663. The zero-order valence-electron chi connectivity index (χ0n) is 16.8. The van der Waals surface area contributed by atoms with Crippen LogP contribution >= 0.6 is 0 Å². The van der Waals surface area contributed by atoms with E-state index in [9.17, 15) is 9.59 Å². The maximum absolute atomic E-state index is 12.9. The van der Waals surface area contributed by atoms with Crippen LogP contribution in [0.1, 0.15) is 34.5 Å². The summed E-state index contributed by atoms with van der Waals surface area (Å²) in [6.07, 6.45) is 4.84. The van der Waals surface area contributed by atoms with Crippen molar-refractivity contribution >= 4 is 11.9 Å². The van der Waals surface area contributed by atoms with E-state index in [0.29, 0.717) is 32.7 Å². The number of piperazine rings is 1. The summed E-state index contributed by atoms with van der Waals surface area (Å²) in [5.74, 6) is 0.826. The normalized spacial score (nSPS) is 16.3. The first kappa shape index (κ1) is 19.3. The zero-order chi connectivity index (χ0) is 20.2. The van der Waals surface area contributed by atoms with Gasteiger partial charge in [-0.15, -0.1) is 0 Å². The number of hydrogen-bond donors (Lipinski definition) is 1. The van der Waals surface area contributed by atoms with Gasteiger partial charge in [-0.3, -0.25) is 9.48 Å². The van der Waals surface area contributed by atoms with Crippen LogP contribution in [0.2, 0.25) is 0 Å². The van der Waals surface area contributed by atoms with Gasteiger partial charge in [0.1, 0.15) is 5.75 Å². The van der Waals surface area contributed by atoms with Gasteiger partial charge in [-0.1, -0.05) is 12.1 Å². The van der Waals surface area contributed by atoms with Gasteiger partial charge < -0.3 is 19.9 Å². The molecule has 0 unspecified atom stereocenters. The van der Waals surface area contributed by atoms with E-state index in [-0.39, 0.29) is 11.9 Å². The van der Waals surface area contributed by atoms with E-state index in [1.165, 1.54) is 0 Å². The molecule has 8 heteroatoms. The number of amides is 3. The lowest BCUT2D eigenvalue weighted by Crippen LogP contribution is -2.53. The van der Waals surface area contributed by atoms with Gasteiger partial charge in [0.05, 0.1) is 24.6 Å². The Morgan fingerprint density at radius 2 is 1.76 bits per heavy atom. The van der Waals surface area contributed by atoms with Crippen LogP contribution in [0.3, 0.4) is 0 Å². The number of fused-ring (bicyclic) bond motifs is 1. The van der Waals surface area contributed by atoms with Crippen molar-refractivity contribution in [2.75, 3.05) is 33.3 Å². The van der Waals surface area contributed by atoms with Gasteiger partial charge in [0.2, 0.25) is 0 Å². The summed E-state index contributed by atoms with van der Waals surface area (Å²) in [6.45, 7) is 3.50. The highest BCUT2D eigenvalue weighted by Crippen LogP contribution is 2.20. The van der Waals surface area contributed by atoms with Crippen molar-refractivity contribution in [2.45, 2.75) is 32.4 Å². The van der Waals surface area contributed by atoms with E-state index in [1.807, 2.05) is 33.8 Å². The Bertz CT molecular complexity index is 869. The molecule has 1 aromatic carbocycles. The van der Waals surface area contributed by atoms with Gasteiger partial charge in [-0.2, -0.15) is 5.10 Å². The second kappa shape index (κ2) is 8.55. The molecule has 29 heavy (non-hydrogen) atoms. The van der Waals surface area contributed by atoms with Crippen molar-refractivity contribution in [1.82, 2.24) is 24.9 Å². The minimum absolute atomic E-state index is 0.0337. The molecule has 1 N–H and O–H groups in total. The predicted molar refractivity (Wildman–Crippen MR) is 108 cm³/mol. The zero-order valence-corrected chi connectivity index (χ0v) is 16.8. The second-order valence-electron chi connectivity index (χ2n) is 7.47. The number of aromatic nitrogens is 2. The molecule has 0 saturated carbocycles. The molecule has 0 bridgehead atoms. The van der Waals surface area contributed by atoms with Crippen LogP contribution in [0.5, 0.6) is 5.75 Å². The largest absolute Gasteiger partial charge is 0.497 e. The molecule has 1 aromatic heterocycles. The summed E-state index contributed by atoms with van der Waals surface area (Å²) in [5.41, 5.74) is 2.79. The predicted octanol–water partition coefficient (Wildman–Crippen LogP) is 1.90. The fourth-order valence-electron chi connectivity index (χ4n) is 3.92. The van der Waals surface area contributed by atoms with Gasteiger partial charge in [0, 0.05) is 39.3 Å². The van der Waals surface area contributed by atoms with Crippen LogP contribution in [0, 0.1) is 0 Å². The van der Waals surface area contributed by atoms with Crippen molar-refractivity contribution in [3.8, 4) is 5.75 Å². The average molecular weight is 397 g/mol. The summed E-state index contributed by atoms with van der Waals surface area (Å²) in [5, 5.41) is 7.31. The smallest absolute Gasteiger partial charge is 0.317 e. The summed E-state index contributed by atoms with van der Waals surface area (Å²) in [7, 11) is 1.63. The fourth-order valence-corrected chi connectivity index (χ4v) is 3.92. The maximum Gasteiger partial charge on any atom is 0.317 e. The van der Waals surface area contributed by atoms with Gasteiger partial charge in [-0.25, -0.2) is 4.79 Å². The minimum Gasteiger partial charge on any atom is -0.497 e. The number of carbonyl (C=O) groups excluding carboxylic acids is 2. The number of nitrogens with one attached hydrogen (secondary N) is 1. The molecule has 0 spiro atoms. The van der Waals surface area contributed by atoms with Crippen LogP contribution in [0.4, 0.5) is 4.79 Å². The number of urea groups is 1. The molecule has 2 aliphatic heterocycles. The van der Waals surface area contributed by atoms with Crippen molar-refractivity contribution in [2.24, 2.45) is 0 Å². The molecule has 8 nitrogen and oxygen atoms in total. The average Bonchev–Trinajstić information content (AvgIpc) is 3.21.